The van der Waals surface area contributed by atoms with Crippen molar-refractivity contribution in [2.75, 3.05) is 18.5 Å². The molecule has 1 aliphatic carbocycles. The van der Waals surface area contributed by atoms with Crippen LogP contribution in [0.25, 0.3) is 0 Å². The Bertz CT molecular complexity index is 344. The highest BCUT2D eigenvalue weighted by Gasteiger charge is 2.22. The van der Waals surface area contributed by atoms with E-state index in [-0.39, 0.29) is 0 Å². The first-order valence-corrected chi connectivity index (χ1v) is 7.52. The predicted octanol–water partition coefficient (Wildman–Crippen LogP) is 3.19. The smallest absolute Gasteiger partial charge is 0.185 e. The van der Waals surface area contributed by atoms with Crippen LogP contribution in [0.3, 0.4) is 0 Å². The Hall–Kier alpha value is -0.610. The molecule has 4 heteroatoms. The minimum absolute atomic E-state index is 0.363. The number of anilines is 1. The summed E-state index contributed by atoms with van der Waals surface area (Å²) < 4.78 is 0. The molecule has 0 aromatic carbocycles. The van der Waals surface area contributed by atoms with Gasteiger partial charge in [-0.25, -0.2) is 4.98 Å². The van der Waals surface area contributed by atoms with Gasteiger partial charge in [-0.1, -0.05) is 19.8 Å². The van der Waals surface area contributed by atoms with Gasteiger partial charge >= 0.3 is 0 Å². The van der Waals surface area contributed by atoms with Crippen LogP contribution >= 0.6 is 11.3 Å². The first-order valence-electron chi connectivity index (χ1n) is 6.64. The van der Waals surface area contributed by atoms with Crippen LogP contribution in [0.15, 0.2) is 5.38 Å². The van der Waals surface area contributed by atoms with Gasteiger partial charge in [-0.3, -0.25) is 0 Å². The molecular weight excluding hydrogens is 230 g/mol. The highest BCUT2D eigenvalue weighted by molar-refractivity contribution is 7.13. The van der Waals surface area contributed by atoms with Crippen LogP contribution < -0.4 is 10.2 Å². The molecule has 1 fully saturated rings. The molecule has 1 saturated carbocycles. The Kier molecular flexibility index (Phi) is 4.40. The zero-order valence-electron chi connectivity index (χ0n) is 11.1. The Morgan fingerprint density at radius 1 is 1.53 bits per heavy atom. The Balaban J connectivity index is 2.01. The van der Waals surface area contributed by atoms with Gasteiger partial charge in [0.25, 0.3) is 0 Å². The van der Waals surface area contributed by atoms with Crippen LogP contribution in [0.2, 0.25) is 0 Å². The lowest BCUT2D eigenvalue weighted by Crippen LogP contribution is -2.28. The van der Waals surface area contributed by atoms with Crippen molar-refractivity contribution in [2.45, 2.75) is 51.6 Å². The van der Waals surface area contributed by atoms with Crippen LogP contribution in [-0.2, 0) is 0 Å². The number of nitrogens with zero attached hydrogens (tertiary/aromatic N) is 2. The summed E-state index contributed by atoms with van der Waals surface area (Å²) in [6.45, 7) is 5.30. The Morgan fingerprint density at radius 2 is 2.24 bits per heavy atom. The highest BCUT2D eigenvalue weighted by atomic mass is 32.1. The number of hydrogen-bond acceptors (Lipinski definition) is 4. The van der Waals surface area contributed by atoms with Crippen molar-refractivity contribution < 1.29 is 0 Å². The van der Waals surface area contributed by atoms with E-state index in [4.69, 9.17) is 4.98 Å². The van der Waals surface area contributed by atoms with E-state index < -0.39 is 0 Å². The summed E-state index contributed by atoms with van der Waals surface area (Å²) in [5.74, 6) is 0. The molecule has 0 bridgehead atoms. The lowest BCUT2D eigenvalue weighted by molar-refractivity contribution is 0.584. The molecule has 1 aromatic rings. The molecule has 1 aromatic heterocycles. The van der Waals surface area contributed by atoms with Crippen molar-refractivity contribution in [1.82, 2.24) is 10.3 Å². The topological polar surface area (TPSA) is 28.2 Å². The SMILES string of the molecule is CCNC(C)c1csc(N(C)C2CCCC2)n1. The first kappa shape index (κ1) is 12.8. The molecule has 2 rings (SSSR count). The number of hydrogen-bond donors (Lipinski definition) is 1. The molecule has 96 valence electrons. The van der Waals surface area contributed by atoms with Gasteiger partial charge < -0.3 is 10.2 Å². The van der Waals surface area contributed by atoms with Crippen molar-refractivity contribution in [3.8, 4) is 0 Å². The number of rotatable bonds is 5. The lowest BCUT2D eigenvalue weighted by atomic mass is 10.2. The summed E-state index contributed by atoms with van der Waals surface area (Å²) in [6.07, 6.45) is 5.41. The Morgan fingerprint density at radius 3 is 2.88 bits per heavy atom. The molecule has 0 aliphatic heterocycles. The molecule has 1 atom stereocenters. The fourth-order valence-electron chi connectivity index (χ4n) is 2.50. The van der Waals surface area contributed by atoms with Crippen molar-refractivity contribution in [2.24, 2.45) is 0 Å². The van der Waals surface area contributed by atoms with Crippen molar-refractivity contribution in [1.29, 1.82) is 0 Å². The fraction of sp³-hybridized carbons (Fsp3) is 0.769. The van der Waals surface area contributed by atoms with Gasteiger partial charge in [0.2, 0.25) is 0 Å². The second-order valence-electron chi connectivity index (χ2n) is 4.88. The summed E-state index contributed by atoms with van der Waals surface area (Å²) in [6, 6.07) is 1.07. The van der Waals surface area contributed by atoms with Gasteiger partial charge in [0.15, 0.2) is 5.13 Å². The monoisotopic (exact) mass is 253 g/mol. The second-order valence-corrected chi connectivity index (χ2v) is 5.72. The van der Waals surface area contributed by atoms with E-state index in [1.54, 1.807) is 11.3 Å². The maximum absolute atomic E-state index is 4.76. The molecule has 1 aliphatic rings. The second kappa shape index (κ2) is 5.83. The number of nitrogens with one attached hydrogen (secondary N) is 1. The molecule has 0 spiro atoms. The molecule has 1 unspecified atom stereocenters. The molecule has 3 nitrogen and oxygen atoms in total. The molecule has 0 amide bonds. The molecule has 17 heavy (non-hydrogen) atoms. The van der Waals surface area contributed by atoms with E-state index in [1.165, 1.54) is 36.5 Å². The number of thiazole rings is 1. The van der Waals surface area contributed by atoms with Crippen LogP contribution in [0.1, 0.15) is 51.3 Å². The van der Waals surface area contributed by atoms with Crippen LogP contribution in [0.4, 0.5) is 5.13 Å². The van der Waals surface area contributed by atoms with E-state index in [0.29, 0.717) is 12.1 Å². The van der Waals surface area contributed by atoms with Crippen molar-refractivity contribution in [3.05, 3.63) is 11.1 Å². The molecular formula is C13H23N3S. The van der Waals surface area contributed by atoms with Crippen molar-refractivity contribution in [3.63, 3.8) is 0 Å². The summed E-state index contributed by atoms with van der Waals surface area (Å²) in [7, 11) is 2.19. The third kappa shape index (κ3) is 2.99. The maximum Gasteiger partial charge on any atom is 0.185 e. The summed E-state index contributed by atoms with van der Waals surface area (Å²) in [5, 5.41) is 6.78. The summed E-state index contributed by atoms with van der Waals surface area (Å²) in [4.78, 5) is 7.13. The van der Waals surface area contributed by atoms with Gasteiger partial charge in [0, 0.05) is 24.5 Å². The van der Waals surface area contributed by atoms with E-state index >= 15 is 0 Å². The fourth-order valence-corrected chi connectivity index (χ4v) is 3.45. The van der Waals surface area contributed by atoms with Crippen molar-refractivity contribution >= 4 is 16.5 Å². The van der Waals surface area contributed by atoms with Gasteiger partial charge in [-0.05, 0) is 26.3 Å². The molecule has 1 heterocycles. The highest BCUT2D eigenvalue weighted by Crippen LogP contribution is 2.30. The average molecular weight is 253 g/mol. The summed E-state index contributed by atoms with van der Waals surface area (Å²) in [5.41, 5.74) is 1.18. The largest absolute Gasteiger partial charge is 0.348 e. The predicted molar refractivity (Wildman–Crippen MR) is 74.9 cm³/mol. The van der Waals surface area contributed by atoms with Gasteiger partial charge in [-0.15, -0.1) is 11.3 Å². The van der Waals surface area contributed by atoms with E-state index in [0.717, 1.165) is 6.54 Å². The zero-order valence-corrected chi connectivity index (χ0v) is 11.9. The lowest BCUT2D eigenvalue weighted by Gasteiger charge is -2.23. The molecule has 1 N–H and O–H groups in total. The molecule has 0 radical (unpaired) electrons. The minimum Gasteiger partial charge on any atom is -0.348 e. The average Bonchev–Trinajstić information content (AvgIpc) is 3.00. The minimum atomic E-state index is 0.363. The third-order valence-electron chi connectivity index (χ3n) is 3.64. The molecule has 0 saturated heterocycles. The Labute approximate surface area is 108 Å². The standard InChI is InChI=1S/C13H23N3S/c1-4-14-10(2)12-9-17-13(15-12)16(3)11-7-5-6-8-11/h9-11,14H,4-8H2,1-3H3. The van der Waals surface area contributed by atoms with Gasteiger partial charge in [-0.2, -0.15) is 0 Å². The van der Waals surface area contributed by atoms with E-state index in [9.17, 15) is 0 Å². The van der Waals surface area contributed by atoms with Gasteiger partial charge in [0.1, 0.15) is 0 Å². The van der Waals surface area contributed by atoms with Crippen LogP contribution in [-0.4, -0.2) is 24.6 Å². The van der Waals surface area contributed by atoms with E-state index in [1.807, 2.05) is 0 Å². The van der Waals surface area contributed by atoms with E-state index in [2.05, 4.69) is 36.5 Å². The number of aromatic nitrogens is 1. The quantitative estimate of drug-likeness (QED) is 0.873. The zero-order chi connectivity index (χ0) is 12.3. The first-order chi connectivity index (χ1) is 8.22. The third-order valence-corrected chi connectivity index (χ3v) is 4.59. The van der Waals surface area contributed by atoms with Gasteiger partial charge in [0.05, 0.1) is 5.69 Å². The maximum atomic E-state index is 4.76. The van der Waals surface area contributed by atoms with Crippen LogP contribution in [0.5, 0.6) is 0 Å². The summed E-state index contributed by atoms with van der Waals surface area (Å²) >= 11 is 1.77. The van der Waals surface area contributed by atoms with Crippen LogP contribution in [0, 0.1) is 0 Å². The normalized spacial score (nSPS) is 18.5.